The van der Waals surface area contributed by atoms with E-state index in [0.717, 1.165) is 22.5 Å². The highest BCUT2D eigenvalue weighted by Crippen LogP contribution is 2.19. The third-order valence-corrected chi connectivity index (χ3v) is 2.51. The van der Waals surface area contributed by atoms with Crippen LogP contribution >= 0.6 is 0 Å². The molecule has 0 aliphatic carbocycles. The van der Waals surface area contributed by atoms with Gasteiger partial charge in [0.15, 0.2) is 0 Å². The molecular weight excluding hydrogens is 244 g/mol. The fourth-order valence-electron chi connectivity index (χ4n) is 1.70. The molecule has 2 aromatic carbocycles. The summed E-state index contributed by atoms with van der Waals surface area (Å²) in [6.07, 6.45) is 0. The van der Waals surface area contributed by atoms with Crippen LogP contribution in [-0.2, 0) is 0 Å². The van der Waals surface area contributed by atoms with Crippen molar-refractivity contribution in [2.45, 2.75) is 13.8 Å². The predicted molar refractivity (Wildman–Crippen MR) is 82.2 cm³/mol. The Labute approximate surface area is 119 Å². The van der Waals surface area contributed by atoms with Gasteiger partial charge in [-0.3, -0.25) is 0 Å². The van der Waals surface area contributed by atoms with E-state index >= 15 is 0 Å². The summed E-state index contributed by atoms with van der Waals surface area (Å²) in [6, 6.07) is 15.4. The van der Waals surface area contributed by atoms with Crippen LogP contribution < -0.4 is 0 Å². The second-order valence-corrected chi connectivity index (χ2v) is 4.05. The van der Waals surface area contributed by atoms with Crippen molar-refractivity contribution in [3.8, 4) is 23.7 Å². The first-order valence-corrected chi connectivity index (χ1v) is 6.29. The van der Waals surface area contributed by atoms with E-state index in [4.69, 9.17) is 0 Å². The van der Waals surface area contributed by atoms with Crippen LogP contribution in [0.2, 0.25) is 0 Å². The molecule has 0 aliphatic heterocycles. The van der Waals surface area contributed by atoms with E-state index in [1.807, 2.05) is 62.4 Å². The fourth-order valence-corrected chi connectivity index (χ4v) is 1.70. The van der Waals surface area contributed by atoms with Gasteiger partial charge in [-0.2, -0.15) is 10.2 Å². The second kappa shape index (κ2) is 6.92. The third-order valence-electron chi connectivity index (χ3n) is 2.51. The maximum Gasteiger partial charge on any atom is 0.0869 e. The zero-order chi connectivity index (χ0) is 14.2. The molecule has 0 bridgehead atoms. The lowest BCUT2D eigenvalue weighted by molar-refractivity contribution is 1.23. The average molecular weight is 258 g/mol. The SMILES string of the molecule is CC#Cc1cccc(N=Nc2cccc(C#CC)c2)c1. The summed E-state index contributed by atoms with van der Waals surface area (Å²) >= 11 is 0. The fraction of sp³-hybridized carbons (Fsp3) is 0.111. The Bertz CT molecular complexity index is 684. The maximum atomic E-state index is 4.23. The van der Waals surface area contributed by atoms with Gasteiger partial charge in [0.1, 0.15) is 0 Å². The van der Waals surface area contributed by atoms with Gasteiger partial charge < -0.3 is 0 Å². The largest absolute Gasteiger partial charge is 0.151 e. The minimum absolute atomic E-state index is 0.789. The quantitative estimate of drug-likeness (QED) is 0.543. The first kappa shape index (κ1) is 13.6. The van der Waals surface area contributed by atoms with Gasteiger partial charge in [-0.05, 0) is 50.2 Å². The Morgan fingerprint density at radius 1 is 0.700 bits per heavy atom. The lowest BCUT2D eigenvalue weighted by Gasteiger charge is -1.96. The molecule has 0 fully saturated rings. The lowest BCUT2D eigenvalue weighted by Crippen LogP contribution is -1.73. The van der Waals surface area contributed by atoms with Crippen molar-refractivity contribution in [3.05, 3.63) is 59.7 Å². The predicted octanol–water partition coefficient (Wildman–Crippen LogP) is 4.84. The first-order chi connectivity index (χ1) is 9.81. The van der Waals surface area contributed by atoms with E-state index in [9.17, 15) is 0 Å². The number of hydrogen-bond acceptors (Lipinski definition) is 2. The molecule has 0 N–H and O–H groups in total. The topological polar surface area (TPSA) is 24.7 Å². The average Bonchev–Trinajstić information content (AvgIpc) is 2.47. The molecule has 0 spiro atoms. The Morgan fingerprint density at radius 3 is 1.55 bits per heavy atom. The Balaban J connectivity index is 2.23. The highest BCUT2D eigenvalue weighted by Gasteiger charge is 1.94. The van der Waals surface area contributed by atoms with Crippen molar-refractivity contribution >= 4 is 11.4 Å². The molecule has 0 saturated heterocycles. The molecule has 2 nitrogen and oxygen atoms in total. The van der Waals surface area contributed by atoms with Crippen LogP contribution in [0.15, 0.2) is 58.8 Å². The normalized spacial score (nSPS) is 9.50. The number of benzene rings is 2. The van der Waals surface area contributed by atoms with Crippen molar-refractivity contribution in [2.75, 3.05) is 0 Å². The molecule has 0 unspecified atom stereocenters. The second-order valence-electron chi connectivity index (χ2n) is 4.05. The van der Waals surface area contributed by atoms with Gasteiger partial charge in [-0.25, -0.2) is 0 Å². The molecule has 2 rings (SSSR count). The third kappa shape index (κ3) is 3.83. The van der Waals surface area contributed by atoms with Gasteiger partial charge in [0.2, 0.25) is 0 Å². The number of rotatable bonds is 2. The van der Waals surface area contributed by atoms with E-state index in [2.05, 4.69) is 33.9 Å². The Morgan fingerprint density at radius 2 is 1.15 bits per heavy atom. The molecule has 2 aromatic rings. The number of azo groups is 1. The molecule has 0 amide bonds. The van der Waals surface area contributed by atoms with E-state index in [0.29, 0.717) is 0 Å². The van der Waals surface area contributed by atoms with E-state index in [1.54, 1.807) is 0 Å². The molecule has 0 aromatic heterocycles. The zero-order valence-electron chi connectivity index (χ0n) is 11.5. The molecule has 0 atom stereocenters. The van der Waals surface area contributed by atoms with Crippen LogP contribution in [0.1, 0.15) is 25.0 Å². The molecule has 0 saturated carbocycles. The molecule has 20 heavy (non-hydrogen) atoms. The summed E-state index contributed by atoms with van der Waals surface area (Å²) in [7, 11) is 0. The molecular formula is C18H14N2. The standard InChI is InChI=1S/C18H14N2/c1-3-7-15-9-5-11-17(13-15)19-20-18-12-6-10-16(14-18)8-4-2/h5-6,9-14H,1-2H3. The van der Waals surface area contributed by atoms with Gasteiger partial charge in [-0.15, -0.1) is 11.8 Å². The van der Waals surface area contributed by atoms with Gasteiger partial charge in [-0.1, -0.05) is 24.0 Å². The van der Waals surface area contributed by atoms with Crippen LogP contribution in [0.4, 0.5) is 11.4 Å². The lowest BCUT2D eigenvalue weighted by atomic mass is 10.2. The summed E-state index contributed by atoms with van der Waals surface area (Å²) in [6.45, 7) is 3.63. The van der Waals surface area contributed by atoms with Crippen LogP contribution in [0.25, 0.3) is 0 Å². The van der Waals surface area contributed by atoms with E-state index in [1.165, 1.54) is 0 Å². The number of hydrogen-bond donors (Lipinski definition) is 0. The first-order valence-electron chi connectivity index (χ1n) is 6.29. The van der Waals surface area contributed by atoms with Gasteiger partial charge in [0, 0.05) is 11.1 Å². The van der Waals surface area contributed by atoms with Crippen molar-refractivity contribution < 1.29 is 0 Å². The van der Waals surface area contributed by atoms with Gasteiger partial charge in [0.25, 0.3) is 0 Å². The molecule has 96 valence electrons. The van der Waals surface area contributed by atoms with E-state index in [-0.39, 0.29) is 0 Å². The van der Waals surface area contributed by atoms with Crippen molar-refractivity contribution in [1.29, 1.82) is 0 Å². The zero-order valence-corrected chi connectivity index (χ0v) is 11.5. The molecule has 0 aliphatic rings. The summed E-state index contributed by atoms with van der Waals surface area (Å²) in [5, 5.41) is 8.46. The Hall–Kier alpha value is -2.84. The minimum atomic E-state index is 0.789. The van der Waals surface area contributed by atoms with Gasteiger partial charge in [0.05, 0.1) is 11.4 Å². The van der Waals surface area contributed by atoms with Crippen LogP contribution in [0, 0.1) is 23.7 Å². The monoisotopic (exact) mass is 258 g/mol. The summed E-state index contributed by atoms with van der Waals surface area (Å²) in [4.78, 5) is 0. The van der Waals surface area contributed by atoms with Gasteiger partial charge >= 0.3 is 0 Å². The highest BCUT2D eigenvalue weighted by molar-refractivity contribution is 5.49. The van der Waals surface area contributed by atoms with Crippen LogP contribution in [0.5, 0.6) is 0 Å². The van der Waals surface area contributed by atoms with E-state index < -0.39 is 0 Å². The number of nitrogens with zero attached hydrogens (tertiary/aromatic N) is 2. The van der Waals surface area contributed by atoms with Crippen molar-refractivity contribution in [1.82, 2.24) is 0 Å². The smallest absolute Gasteiger partial charge is 0.0869 e. The minimum Gasteiger partial charge on any atom is -0.151 e. The van der Waals surface area contributed by atoms with Crippen molar-refractivity contribution in [3.63, 3.8) is 0 Å². The van der Waals surface area contributed by atoms with Crippen LogP contribution in [0.3, 0.4) is 0 Å². The van der Waals surface area contributed by atoms with Crippen molar-refractivity contribution in [2.24, 2.45) is 10.2 Å². The summed E-state index contributed by atoms with van der Waals surface area (Å²) in [5.41, 5.74) is 3.46. The highest BCUT2D eigenvalue weighted by atomic mass is 15.1. The Kier molecular flexibility index (Phi) is 4.70. The summed E-state index contributed by atoms with van der Waals surface area (Å²) in [5.74, 6) is 11.7. The summed E-state index contributed by atoms with van der Waals surface area (Å²) < 4.78 is 0. The van der Waals surface area contributed by atoms with Crippen LogP contribution in [-0.4, -0.2) is 0 Å². The molecule has 0 radical (unpaired) electrons. The maximum absolute atomic E-state index is 4.23. The molecule has 2 heteroatoms. The molecule has 0 heterocycles.